The molecule has 0 atom stereocenters. The van der Waals surface area contributed by atoms with Crippen LogP contribution in [-0.2, 0) is 28.7 Å². The van der Waals surface area contributed by atoms with Crippen LogP contribution in [0.25, 0.3) is 6.08 Å². The van der Waals surface area contributed by atoms with Gasteiger partial charge in [0.2, 0.25) is 0 Å². The molecule has 2 rings (SSSR count). The van der Waals surface area contributed by atoms with E-state index in [1.165, 1.54) is 0 Å². The van der Waals surface area contributed by atoms with E-state index < -0.39 is 17.9 Å². The van der Waals surface area contributed by atoms with Crippen LogP contribution in [0, 0.1) is 0 Å². The molecule has 0 saturated heterocycles. The van der Waals surface area contributed by atoms with Crippen molar-refractivity contribution in [3.8, 4) is 0 Å². The smallest absolute Gasteiger partial charge is 0.367 e. The van der Waals surface area contributed by atoms with Gasteiger partial charge in [0.25, 0.3) is 0 Å². The zero-order valence-corrected chi connectivity index (χ0v) is 17.0. The minimum Gasteiger partial charge on any atom is -0.465 e. The topological polar surface area (TPSA) is 94.5 Å². The quantitative estimate of drug-likeness (QED) is 0.337. The Balaban J connectivity index is 2.19. The molecule has 0 aromatic heterocycles. The number of rotatable bonds is 10. The molecule has 0 amide bonds. The van der Waals surface area contributed by atoms with Crippen LogP contribution < -0.4 is 4.90 Å². The Morgan fingerprint density at radius 1 is 1.03 bits per heavy atom. The third-order valence-electron chi connectivity index (χ3n) is 4.08. The molecule has 1 aromatic rings. The van der Waals surface area contributed by atoms with Crippen LogP contribution in [0.15, 0.2) is 35.0 Å². The van der Waals surface area contributed by atoms with Crippen molar-refractivity contribution >= 4 is 35.4 Å². The summed E-state index contributed by atoms with van der Waals surface area (Å²) in [7, 11) is 0. The second kappa shape index (κ2) is 11.0. The Hall–Kier alpha value is -3.16. The first-order chi connectivity index (χ1) is 14.0. The molecule has 0 saturated carbocycles. The molecule has 1 aliphatic rings. The highest BCUT2D eigenvalue weighted by molar-refractivity contribution is 6.25. The molecular weight excluding hydrogens is 376 g/mol. The van der Waals surface area contributed by atoms with Gasteiger partial charge in [-0.25, -0.2) is 4.79 Å². The van der Waals surface area contributed by atoms with Crippen molar-refractivity contribution in [3.63, 3.8) is 0 Å². The van der Waals surface area contributed by atoms with E-state index in [0.29, 0.717) is 23.4 Å². The number of carbonyl (C=O) groups excluding carboxylic acids is 3. The Morgan fingerprint density at radius 3 is 2.14 bits per heavy atom. The predicted octanol–water partition coefficient (Wildman–Crippen LogP) is 2.72. The maximum absolute atomic E-state index is 11.9. The number of carbonyl (C=O) groups is 3. The van der Waals surface area contributed by atoms with Gasteiger partial charge in [-0.3, -0.25) is 9.59 Å². The SMILES string of the molecule is CCCC1=NOC(=O)/C1=C\c1ccc(N(CC(=O)OCC)CC(=O)OCC)cc1. The van der Waals surface area contributed by atoms with E-state index in [1.807, 2.05) is 6.92 Å². The van der Waals surface area contributed by atoms with Gasteiger partial charge in [-0.15, -0.1) is 0 Å². The van der Waals surface area contributed by atoms with Crippen molar-refractivity contribution < 1.29 is 28.7 Å². The average molecular weight is 402 g/mol. The van der Waals surface area contributed by atoms with Crippen LogP contribution in [0.2, 0.25) is 0 Å². The number of hydrogen-bond donors (Lipinski definition) is 0. The lowest BCUT2D eigenvalue weighted by Gasteiger charge is -2.22. The Bertz CT molecular complexity index is 778. The first-order valence-corrected chi connectivity index (χ1v) is 9.65. The molecule has 1 heterocycles. The third kappa shape index (κ3) is 6.44. The minimum absolute atomic E-state index is 0.0767. The van der Waals surface area contributed by atoms with E-state index in [4.69, 9.17) is 14.3 Å². The molecule has 156 valence electrons. The maximum atomic E-state index is 11.9. The zero-order chi connectivity index (χ0) is 21.2. The van der Waals surface area contributed by atoms with Gasteiger partial charge >= 0.3 is 17.9 Å². The van der Waals surface area contributed by atoms with E-state index in [2.05, 4.69) is 5.16 Å². The molecule has 1 aliphatic heterocycles. The molecule has 8 heteroatoms. The molecule has 8 nitrogen and oxygen atoms in total. The summed E-state index contributed by atoms with van der Waals surface area (Å²) in [6.07, 6.45) is 3.22. The van der Waals surface area contributed by atoms with Crippen molar-refractivity contribution in [2.45, 2.75) is 33.6 Å². The number of oxime groups is 1. The van der Waals surface area contributed by atoms with Crippen molar-refractivity contribution in [1.82, 2.24) is 0 Å². The van der Waals surface area contributed by atoms with Gasteiger partial charge in [0.05, 0.1) is 24.5 Å². The summed E-state index contributed by atoms with van der Waals surface area (Å²) in [6.45, 7) is 5.81. The Kier molecular flexibility index (Phi) is 8.39. The molecule has 0 aliphatic carbocycles. The fourth-order valence-electron chi connectivity index (χ4n) is 2.78. The second-order valence-corrected chi connectivity index (χ2v) is 6.28. The highest BCUT2D eigenvalue weighted by atomic mass is 16.7. The minimum atomic E-state index is -0.469. The lowest BCUT2D eigenvalue weighted by Crippen LogP contribution is -2.36. The van der Waals surface area contributed by atoms with Crippen molar-refractivity contribution in [1.29, 1.82) is 0 Å². The van der Waals surface area contributed by atoms with Gasteiger partial charge in [-0.05, 0) is 44.0 Å². The number of hydrogen-bond acceptors (Lipinski definition) is 8. The molecule has 29 heavy (non-hydrogen) atoms. The summed E-state index contributed by atoms with van der Waals surface area (Å²) >= 11 is 0. The highest BCUT2D eigenvalue weighted by Gasteiger charge is 2.24. The summed E-state index contributed by atoms with van der Waals surface area (Å²) in [4.78, 5) is 42.1. The Morgan fingerprint density at radius 2 is 1.62 bits per heavy atom. The van der Waals surface area contributed by atoms with Crippen LogP contribution in [0.1, 0.15) is 39.2 Å². The number of esters is 2. The standard InChI is InChI=1S/C21H26N2O6/c1-4-7-18-17(21(26)29-22-18)12-15-8-10-16(11-9-15)23(13-19(24)27-5-2)14-20(25)28-6-3/h8-12H,4-7,13-14H2,1-3H3/b17-12-. The van der Waals surface area contributed by atoms with Crippen LogP contribution >= 0.6 is 0 Å². The van der Waals surface area contributed by atoms with Gasteiger partial charge < -0.3 is 19.2 Å². The summed E-state index contributed by atoms with van der Waals surface area (Å²) in [6, 6.07) is 7.12. The first-order valence-electron chi connectivity index (χ1n) is 9.65. The van der Waals surface area contributed by atoms with Gasteiger partial charge in [-0.1, -0.05) is 30.6 Å². The first kappa shape index (κ1) is 22.1. The van der Waals surface area contributed by atoms with E-state index in [0.717, 1.165) is 12.0 Å². The Labute approximate surface area is 170 Å². The molecule has 0 unspecified atom stereocenters. The van der Waals surface area contributed by atoms with Crippen LogP contribution in [-0.4, -0.2) is 49.9 Å². The van der Waals surface area contributed by atoms with Crippen LogP contribution in [0.3, 0.4) is 0 Å². The molecule has 0 N–H and O–H groups in total. The third-order valence-corrected chi connectivity index (χ3v) is 4.08. The average Bonchev–Trinajstić information content (AvgIpc) is 3.02. The van der Waals surface area contributed by atoms with E-state index in [1.54, 1.807) is 49.1 Å². The van der Waals surface area contributed by atoms with Gasteiger partial charge in [-0.2, -0.15) is 0 Å². The summed E-state index contributed by atoms with van der Waals surface area (Å²) < 4.78 is 9.98. The fourth-order valence-corrected chi connectivity index (χ4v) is 2.78. The predicted molar refractivity (Wildman–Crippen MR) is 108 cm³/mol. The lowest BCUT2D eigenvalue weighted by atomic mass is 10.0. The van der Waals surface area contributed by atoms with E-state index in [-0.39, 0.29) is 26.3 Å². The summed E-state index contributed by atoms with van der Waals surface area (Å²) in [5, 5.41) is 3.82. The van der Waals surface area contributed by atoms with E-state index in [9.17, 15) is 14.4 Å². The molecular formula is C21H26N2O6. The monoisotopic (exact) mass is 402 g/mol. The summed E-state index contributed by atoms with van der Waals surface area (Å²) in [5.41, 5.74) is 2.51. The zero-order valence-electron chi connectivity index (χ0n) is 17.0. The van der Waals surface area contributed by atoms with Crippen molar-refractivity contribution in [3.05, 3.63) is 35.4 Å². The van der Waals surface area contributed by atoms with Crippen LogP contribution in [0.5, 0.6) is 0 Å². The fraction of sp³-hybridized carbons (Fsp3) is 0.429. The molecule has 1 aromatic carbocycles. The van der Waals surface area contributed by atoms with Gasteiger partial charge in [0, 0.05) is 5.69 Å². The van der Waals surface area contributed by atoms with E-state index >= 15 is 0 Å². The second-order valence-electron chi connectivity index (χ2n) is 6.28. The van der Waals surface area contributed by atoms with Gasteiger partial charge in [0.15, 0.2) is 0 Å². The normalized spacial score (nSPS) is 14.4. The highest BCUT2D eigenvalue weighted by Crippen LogP contribution is 2.21. The number of anilines is 1. The molecule has 0 bridgehead atoms. The van der Waals surface area contributed by atoms with Crippen LogP contribution in [0.4, 0.5) is 5.69 Å². The maximum Gasteiger partial charge on any atom is 0.367 e. The number of benzene rings is 1. The number of nitrogens with zero attached hydrogens (tertiary/aromatic N) is 2. The van der Waals surface area contributed by atoms with Crippen molar-refractivity contribution in [2.75, 3.05) is 31.2 Å². The van der Waals surface area contributed by atoms with Crippen molar-refractivity contribution in [2.24, 2.45) is 5.16 Å². The summed E-state index contributed by atoms with van der Waals surface area (Å²) in [5.74, 6) is -1.34. The lowest BCUT2D eigenvalue weighted by molar-refractivity contribution is -0.142. The molecule has 0 fully saturated rings. The molecule has 0 radical (unpaired) electrons. The molecule has 0 spiro atoms. The number of ether oxygens (including phenoxy) is 2. The van der Waals surface area contributed by atoms with Gasteiger partial charge in [0.1, 0.15) is 13.1 Å². The largest absolute Gasteiger partial charge is 0.465 e.